The lowest BCUT2D eigenvalue weighted by molar-refractivity contribution is 0.104. The van der Waals surface area contributed by atoms with Crippen LogP contribution in [-0.2, 0) is 0 Å². The number of hydrogen-bond donors (Lipinski definition) is 0. The number of carbonyl (C=O) groups is 1. The van der Waals surface area contributed by atoms with Crippen LogP contribution in [0.3, 0.4) is 0 Å². The smallest absolute Gasteiger partial charge is 0.194 e. The molecule has 24 heavy (non-hydrogen) atoms. The Bertz CT molecular complexity index is 991. The van der Waals surface area contributed by atoms with Crippen molar-refractivity contribution in [2.45, 2.75) is 13.3 Å². The van der Waals surface area contributed by atoms with Gasteiger partial charge < -0.3 is 0 Å². The normalized spacial score (nSPS) is 13.7. The summed E-state index contributed by atoms with van der Waals surface area (Å²) in [5.41, 5.74) is 5.11. The summed E-state index contributed by atoms with van der Waals surface area (Å²) >= 11 is 0. The maximum Gasteiger partial charge on any atom is 0.194 e. The predicted octanol–water partition coefficient (Wildman–Crippen LogP) is 5.80. The van der Waals surface area contributed by atoms with Crippen LogP contribution in [0, 0.1) is 0 Å². The van der Waals surface area contributed by atoms with Gasteiger partial charge in [0, 0.05) is 11.1 Å². The molecule has 0 spiro atoms. The number of hydrogen-bond acceptors (Lipinski definition) is 1. The fourth-order valence-electron chi connectivity index (χ4n) is 3.44. The van der Waals surface area contributed by atoms with Gasteiger partial charge in [-0.1, -0.05) is 78.9 Å². The van der Waals surface area contributed by atoms with E-state index < -0.39 is 0 Å². The van der Waals surface area contributed by atoms with Gasteiger partial charge in [-0.05, 0) is 40.8 Å². The molecule has 0 bridgehead atoms. The van der Waals surface area contributed by atoms with E-state index in [1.165, 1.54) is 11.1 Å². The Kier molecular flexibility index (Phi) is 3.62. The zero-order valence-corrected chi connectivity index (χ0v) is 13.6. The fourth-order valence-corrected chi connectivity index (χ4v) is 3.44. The molecule has 0 unspecified atom stereocenters. The van der Waals surface area contributed by atoms with Crippen molar-refractivity contribution in [1.82, 2.24) is 0 Å². The summed E-state index contributed by atoms with van der Waals surface area (Å²) in [4.78, 5) is 13.3. The number of fused-ring (bicyclic) bond motifs is 1. The van der Waals surface area contributed by atoms with Gasteiger partial charge in [-0.2, -0.15) is 0 Å². The Morgan fingerprint density at radius 1 is 0.875 bits per heavy atom. The highest BCUT2D eigenvalue weighted by Gasteiger charge is 2.20. The van der Waals surface area contributed by atoms with Gasteiger partial charge in [0.05, 0.1) is 0 Å². The molecule has 0 saturated carbocycles. The molecule has 0 heterocycles. The molecule has 1 nitrogen and oxygen atoms in total. The quantitative estimate of drug-likeness (QED) is 0.558. The van der Waals surface area contributed by atoms with Crippen molar-refractivity contribution in [3.63, 3.8) is 0 Å². The van der Waals surface area contributed by atoms with E-state index in [9.17, 15) is 4.79 Å². The van der Waals surface area contributed by atoms with Gasteiger partial charge >= 0.3 is 0 Å². The van der Waals surface area contributed by atoms with Crippen LogP contribution in [0.4, 0.5) is 0 Å². The first-order chi connectivity index (χ1) is 11.8. The highest BCUT2D eigenvalue weighted by molar-refractivity contribution is 6.19. The molecule has 1 heteroatoms. The van der Waals surface area contributed by atoms with Crippen LogP contribution in [0.25, 0.3) is 16.3 Å². The van der Waals surface area contributed by atoms with Crippen molar-refractivity contribution in [2.75, 3.05) is 0 Å². The molecule has 0 aliphatic heterocycles. The van der Waals surface area contributed by atoms with E-state index in [2.05, 4.69) is 37.3 Å². The molecule has 0 saturated heterocycles. The lowest BCUT2D eigenvalue weighted by Crippen LogP contribution is -2.06. The number of ketones is 1. The molecule has 116 valence electrons. The molecule has 3 aromatic rings. The molecule has 4 rings (SSSR count). The zero-order valence-electron chi connectivity index (χ0n) is 13.6. The summed E-state index contributed by atoms with van der Waals surface area (Å²) in [5, 5.41) is 2.13. The van der Waals surface area contributed by atoms with Crippen molar-refractivity contribution < 1.29 is 4.79 Å². The van der Waals surface area contributed by atoms with Crippen molar-refractivity contribution >= 4 is 22.1 Å². The molecule has 0 N–H and O–H groups in total. The minimum Gasteiger partial charge on any atom is -0.289 e. The largest absolute Gasteiger partial charge is 0.289 e. The van der Waals surface area contributed by atoms with E-state index in [0.29, 0.717) is 0 Å². The first kappa shape index (κ1) is 14.6. The molecular formula is C23H18O. The van der Waals surface area contributed by atoms with E-state index >= 15 is 0 Å². The van der Waals surface area contributed by atoms with Crippen molar-refractivity contribution in [2.24, 2.45) is 0 Å². The maximum atomic E-state index is 13.3. The third-order valence-electron chi connectivity index (χ3n) is 4.68. The van der Waals surface area contributed by atoms with Gasteiger partial charge in [0.2, 0.25) is 0 Å². The monoisotopic (exact) mass is 310 g/mol. The highest BCUT2D eigenvalue weighted by atomic mass is 16.1. The van der Waals surface area contributed by atoms with E-state index in [0.717, 1.165) is 33.9 Å². The molecule has 0 amide bonds. The van der Waals surface area contributed by atoms with Crippen molar-refractivity contribution in [3.05, 3.63) is 101 Å². The lowest BCUT2D eigenvalue weighted by Gasteiger charge is -2.14. The fraction of sp³-hybridized carbons (Fsp3) is 0.0870. The van der Waals surface area contributed by atoms with Gasteiger partial charge in [0.25, 0.3) is 0 Å². The Morgan fingerprint density at radius 2 is 1.62 bits per heavy atom. The first-order valence-corrected chi connectivity index (χ1v) is 8.24. The molecule has 3 aromatic carbocycles. The summed E-state index contributed by atoms with van der Waals surface area (Å²) < 4.78 is 0. The zero-order chi connectivity index (χ0) is 16.5. The molecular weight excluding hydrogens is 292 g/mol. The van der Waals surface area contributed by atoms with E-state index in [-0.39, 0.29) is 5.78 Å². The summed E-state index contributed by atoms with van der Waals surface area (Å²) in [6, 6.07) is 21.9. The molecule has 0 fully saturated rings. The minimum absolute atomic E-state index is 0.0922. The van der Waals surface area contributed by atoms with E-state index in [1.807, 2.05) is 48.5 Å². The molecule has 0 atom stereocenters. The third-order valence-corrected chi connectivity index (χ3v) is 4.68. The van der Waals surface area contributed by atoms with Gasteiger partial charge in [-0.25, -0.2) is 0 Å². The van der Waals surface area contributed by atoms with Gasteiger partial charge in [-0.3, -0.25) is 4.79 Å². The average molecular weight is 310 g/mol. The number of rotatable bonds is 3. The summed E-state index contributed by atoms with van der Waals surface area (Å²) in [5.74, 6) is 0.0922. The first-order valence-electron chi connectivity index (χ1n) is 8.24. The Morgan fingerprint density at radius 3 is 2.38 bits per heavy atom. The molecule has 0 radical (unpaired) electrons. The molecule has 1 aliphatic carbocycles. The lowest BCUT2D eigenvalue weighted by atomic mass is 9.88. The van der Waals surface area contributed by atoms with Gasteiger partial charge in [0.15, 0.2) is 5.78 Å². The number of carbonyl (C=O) groups excluding carboxylic acids is 1. The topological polar surface area (TPSA) is 17.1 Å². The maximum absolute atomic E-state index is 13.3. The van der Waals surface area contributed by atoms with E-state index in [1.54, 1.807) is 0 Å². The van der Waals surface area contributed by atoms with Crippen LogP contribution < -0.4 is 0 Å². The van der Waals surface area contributed by atoms with Gasteiger partial charge in [0.1, 0.15) is 0 Å². The predicted molar refractivity (Wildman–Crippen MR) is 100 cm³/mol. The Hall–Kier alpha value is -2.93. The average Bonchev–Trinajstić information content (AvgIpc) is 3.06. The Balaban J connectivity index is 2.01. The molecule has 1 aliphatic rings. The number of benzene rings is 3. The van der Waals surface area contributed by atoms with Crippen molar-refractivity contribution in [3.8, 4) is 0 Å². The third kappa shape index (κ3) is 2.39. The van der Waals surface area contributed by atoms with Crippen LogP contribution in [0.5, 0.6) is 0 Å². The van der Waals surface area contributed by atoms with Crippen LogP contribution in [0.1, 0.15) is 34.8 Å². The summed E-state index contributed by atoms with van der Waals surface area (Å²) in [6.07, 6.45) is 5.19. The second-order valence-corrected chi connectivity index (χ2v) is 6.17. The summed E-state index contributed by atoms with van der Waals surface area (Å²) in [6.45, 7) is 2.12. The van der Waals surface area contributed by atoms with Crippen LogP contribution in [0.15, 0.2) is 84.5 Å². The van der Waals surface area contributed by atoms with Crippen LogP contribution in [0.2, 0.25) is 0 Å². The van der Waals surface area contributed by atoms with Crippen LogP contribution >= 0.6 is 0 Å². The second-order valence-electron chi connectivity index (χ2n) is 6.17. The van der Waals surface area contributed by atoms with E-state index in [4.69, 9.17) is 0 Å². The van der Waals surface area contributed by atoms with Crippen molar-refractivity contribution in [1.29, 1.82) is 0 Å². The van der Waals surface area contributed by atoms with Gasteiger partial charge in [-0.15, -0.1) is 0 Å². The molecule has 0 aromatic heterocycles. The number of allylic oxidation sites excluding steroid dienone is 4. The highest BCUT2D eigenvalue weighted by Crippen LogP contribution is 2.35. The van der Waals surface area contributed by atoms with Crippen LogP contribution in [-0.4, -0.2) is 5.78 Å². The second kappa shape index (κ2) is 5.93. The SMILES string of the molecule is CC1=C(c2ccc3ccccc3c2C(=O)c2ccccc2)CC=C1. The summed E-state index contributed by atoms with van der Waals surface area (Å²) in [7, 11) is 0. The minimum atomic E-state index is 0.0922. The standard InChI is InChI=1S/C23H18O/c1-16-8-7-13-19(16)21-15-14-17-9-5-6-12-20(17)22(21)23(24)18-10-3-2-4-11-18/h2-12,14-15H,13H2,1H3. The Labute approximate surface area is 142 Å².